The van der Waals surface area contributed by atoms with E-state index in [0.29, 0.717) is 6.42 Å². The summed E-state index contributed by atoms with van der Waals surface area (Å²) in [6, 6.07) is 16.8. The molecule has 1 aliphatic rings. The third kappa shape index (κ3) is 7.03. The van der Waals surface area contributed by atoms with Crippen LogP contribution < -0.4 is 10.6 Å². The normalized spacial score (nSPS) is 13.3. The lowest BCUT2D eigenvalue weighted by atomic mass is 9.99. The topological polar surface area (TPSA) is 56.7 Å². The largest absolute Gasteiger partial charge is 0.356 e. The molecule has 2 aromatic carbocycles. The fraction of sp³-hybridized carbons (Fsp3) is 0.391. The number of aliphatic imine (C=N–C) groups is 1. The van der Waals surface area contributed by atoms with Crippen LogP contribution in [0.2, 0.25) is 0 Å². The Hall–Kier alpha value is -2.09. The second kappa shape index (κ2) is 11.8. The summed E-state index contributed by atoms with van der Waals surface area (Å²) in [6.07, 6.45) is 2.31. The first kappa shape index (κ1) is 23.2. The number of hydrogen-bond acceptors (Lipinski definition) is 2. The Morgan fingerprint density at radius 3 is 2.66 bits per heavy atom. The average Bonchev–Trinajstić information content (AvgIpc) is 2.72. The predicted octanol–water partition coefficient (Wildman–Crippen LogP) is 3.64. The monoisotopic (exact) mass is 506 g/mol. The van der Waals surface area contributed by atoms with Crippen LogP contribution >= 0.6 is 24.0 Å². The molecule has 0 saturated heterocycles. The summed E-state index contributed by atoms with van der Waals surface area (Å²) >= 11 is 0. The minimum Gasteiger partial charge on any atom is -0.356 e. The maximum atomic E-state index is 12.5. The highest BCUT2D eigenvalue weighted by Crippen LogP contribution is 2.19. The van der Waals surface area contributed by atoms with Crippen LogP contribution in [0.1, 0.15) is 35.1 Å². The van der Waals surface area contributed by atoms with Crippen LogP contribution in [0.15, 0.2) is 53.5 Å². The molecule has 0 unspecified atom stereocenters. The van der Waals surface area contributed by atoms with Gasteiger partial charge in [-0.05, 0) is 36.5 Å². The van der Waals surface area contributed by atoms with Crippen LogP contribution in [0, 0.1) is 6.92 Å². The van der Waals surface area contributed by atoms with Crippen LogP contribution in [-0.4, -0.2) is 36.9 Å². The molecule has 0 aliphatic carbocycles. The number of hydrogen-bond donors (Lipinski definition) is 2. The zero-order valence-corrected chi connectivity index (χ0v) is 19.6. The Morgan fingerprint density at radius 1 is 1.10 bits per heavy atom. The van der Waals surface area contributed by atoms with Gasteiger partial charge in [-0.1, -0.05) is 54.1 Å². The van der Waals surface area contributed by atoms with E-state index in [4.69, 9.17) is 0 Å². The van der Waals surface area contributed by atoms with Crippen LogP contribution in [0.25, 0.3) is 0 Å². The molecule has 0 atom stereocenters. The predicted molar refractivity (Wildman–Crippen MR) is 130 cm³/mol. The number of aryl methyl sites for hydroxylation is 1. The average molecular weight is 506 g/mol. The first-order valence-corrected chi connectivity index (χ1v) is 10.0. The van der Waals surface area contributed by atoms with Gasteiger partial charge in [0.25, 0.3) is 0 Å². The molecule has 0 fully saturated rings. The fourth-order valence-corrected chi connectivity index (χ4v) is 3.54. The number of rotatable bonds is 6. The Labute approximate surface area is 191 Å². The molecule has 6 heteroatoms. The molecule has 2 N–H and O–H groups in total. The minimum atomic E-state index is 0. The molecular formula is C23H31IN4O. The van der Waals surface area contributed by atoms with Crippen molar-refractivity contribution in [2.24, 2.45) is 4.99 Å². The Kier molecular flexibility index (Phi) is 9.44. The minimum absolute atomic E-state index is 0. The number of benzene rings is 2. The van der Waals surface area contributed by atoms with Gasteiger partial charge in [-0.25, -0.2) is 0 Å². The summed E-state index contributed by atoms with van der Waals surface area (Å²) in [5.41, 5.74) is 5.13. The van der Waals surface area contributed by atoms with Crippen molar-refractivity contribution in [3.63, 3.8) is 0 Å². The first-order chi connectivity index (χ1) is 13.7. The first-order valence-electron chi connectivity index (χ1n) is 10.0. The summed E-state index contributed by atoms with van der Waals surface area (Å²) in [5, 5.41) is 6.62. The number of halogens is 1. The highest BCUT2D eigenvalue weighted by Gasteiger charge is 2.19. The molecule has 1 heterocycles. The van der Waals surface area contributed by atoms with Gasteiger partial charge >= 0.3 is 0 Å². The molecule has 29 heavy (non-hydrogen) atoms. The van der Waals surface area contributed by atoms with Gasteiger partial charge in [0.2, 0.25) is 5.91 Å². The number of carbonyl (C=O) groups is 1. The van der Waals surface area contributed by atoms with Crippen LogP contribution in [0.3, 0.4) is 0 Å². The van der Waals surface area contributed by atoms with Gasteiger partial charge in [-0.3, -0.25) is 9.79 Å². The number of fused-ring (bicyclic) bond motifs is 1. The van der Waals surface area contributed by atoms with Crippen molar-refractivity contribution in [2.75, 3.05) is 20.1 Å². The van der Waals surface area contributed by atoms with Crippen molar-refractivity contribution in [3.8, 4) is 0 Å². The highest BCUT2D eigenvalue weighted by molar-refractivity contribution is 14.0. The lowest BCUT2D eigenvalue weighted by Gasteiger charge is -2.29. The molecule has 0 spiro atoms. The van der Waals surface area contributed by atoms with E-state index in [-0.39, 0.29) is 29.9 Å². The second-order valence-electron chi connectivity index (χ2n) is 7.28. The van der Waals surface area contributed by atoms with Crippen molar-refractivity contribution in [1.82, 2.24) is 15.5 Å². The Morgan fingerprint density at radius 2 is 1.90 bits per heavy atom. The van der Waals surface area contributed by atoms with Crippen molar-refractivity contribution in [3.05, 3.63) is 70.8 Å². The Balaban J connectivity index is 0.00000300. The third-order valence-corrected chi connectivity index (χ3v) is 5.11. The van der Waals surface area contributed by atoms with Crippen LogP contribution in [-0.2, 0) is 24.3 Å². The number of nitrogens with one attached hydrogen (secondary N) is 2. The third-order valence-electron chi connectivity index (χ3n) is 5.11. The van der Waals surface area contributed by atoms with E-state index in [9.17, 15) is 4.79 Å². The lowest BCUT2D eigenvalue weighted by molar-refractivity contribution is -0.132. The molecule has 3 rings (SSSR count). The Bertz CT molecular complexity index is 837. The smallest absolute Gasteiger partial charge is 0.222 e. The van der Waals surface area contributed by atoms with Crippen molar-refractivity contribution < 1.29 is 4.79 Å². The van der Waals surface area contributed by atoms with E-state index < -0.39 is 0 Å². The van der Waals surface area contributed by atoms with Gasteiger partial charge in [0.1, 0.15) is 0 Å². The van der Waals surface area contributed by atoms with E-state index in [1.807, 2.05) is 11.0 Å². The SMILES string of the molecule is CN=C(NCCCC(=O)N1CCc2ccccc2C1)NCc1cccc(C)c1.I. The zero-order chi connectivity index (χ0) is 19.8. The van der Waals surface area contributed by atoms with E-state index in [0.717, 1.165) is 45.0 Å². The summed E-state index contributed by atoms with van der Waals surface area (Å²) in [6.45, 7) is 5.11. The van der Waals surface area contributed by atoms with Crippen LogP contribution in [0.4, 0.5) is 0 Å². The molecule has 0 saturated carbocycles. The summed E-state index contributed by atoms with van der Waals surface area (Å²) in [7, 11) is 1.77. The molecule has 0 radical (unpaired) electrons. The molecule has 156 valence electrons. The number of carbonyl (C=O) groups excluding carboxylic acids is 1. The van der Waals surface area contributed by atoms with Gasteiger partial charge in [0.05, 0.1) is 0 Å². The maximum Gasteiger partial charge on any atom is 0.222 e. The van der Waals surface area contributed by atoms with Crippen molar-refractivity contribution in [2.45, 2.75) is 39.3 Å². The van der Waals surface area contributed by atoms with Gasteiger partial charge in [0, 0.05) is 39.6 Å². The number of guanidine groups is 1. The molecule has 1 amide bonds. The van der Waals surface area contributed by atoms with Gasteiger partial charge in [0.15, 0.2) is 5.96 Å². The van der Waals surface area contributed by atoms with E-state index >= 15 is 0 Å². The summed E-state index contributed by atoms with van der Waals surface area (Å²) in [5.74, 6) is 1.000. The standard InChI is InChI=1S/C23H30N4O.HI/c1-18-7-5-8-19(15-18)16-26-23(24-2)25-13-6-11-22(28)27-14-12-20-9-3-4-10-21(20)17-27;/h3-5,7-10,15H,6,11-14,16-17H2,1-2H3,(H2,24,25,26);1H. The maximum absolute atomic E-state index is 12.5. The van der Waals surface area contributed by atoms with E-state index in [1.54, 1.807) is 7.05 Å². The number of nitrogens with zero attached hydrogens (tertiary/aromatic N) is 2. The van der Waals surface area contributed by atoms with Crippen molar-refractivity contribution >= 4 is 35.8 Å². The van der Waals surface area contributed by atoms with E-state index in [1.165, 1.54) is 22.3 Å². The molecule has 0 aromatic heterocycles. The quantitative estimate of drug-likeness (QED) is 0.272. The van der Waals surface area contributed by atoms with Crippen LogP contribution in [0.5, 0.6) is 0 Å². The summed E-state index contributed by atoms with van der Waals surface area (Å²) < 4.78 is 0. The fourth-order valence-electron chi connectivity index (χ4n) is 3.54. The molecule has 2 aromatic rings. The summed E-state index contributed by atoms with van der Waals surface area (Å²) in [4.78, 5) is 18.8. The lowest BCUT2D eigenvalue weighted by Crippen LogP contribution is -2.38. The highest BCUT2D eigenvalue weighted by atomic mass is 127. The van der Waals surface area contributed by atoms with Crippen molar-refractivity contribution in [1.29, 1.82) is 0 Å². The van der Waals surface area contributed by atoms with Gasteiger partial charge < -0.3 is 15.5 Å². The zero-order valence-electron chi connectivity index (χ0n) is 17.3. The van der Waals surface area contributed by atoms with Gasteiger partial charge in [-0.15, -0.1) is 24.0 Å². The molecule has 0 bridgehead atoms. The second-order valence-corrected chi connectivity index (χ2v) is 7.28. The van der Waals surface area contributed by atoms with Gasteiger partial charge in [-0.2, -0.15) is 0 Å². The molecule has 5 nitrogen and oxygen atoms in total. The van der Waals surface area contributed by atoms with E-state index in [2.05, 4.69) is 65.0 Å². The number of amides is 1. The molecule has 1 aliphatic heterocycles. The molecular weight excluding hydrogens is 475 g/mol.